The second-order valence-corrected chi connectivity index (χ2v) is 9.94. The number of nitrogens with zero attached hydrogens (tertiary/aromatic N) is 4. The van der Waals surface area contributed by atoms with Crippen molar-refractivity contribution in [2.45, 2.75) is 6.10 Å². The van der Waals surface area contributed by atoms with Crippen LogP contribution in [0.5, 0.6) is 5.75 Å². The van der Waals surface area contributed by atoms with Gasteiger partial charge in [0.05, 0.1) is 21.9 Å². The summed E-state index contributed by atoms with van der Waals surface area (Å²) < 4.78 is 7.05. The fourth-order valence-electron chi connectivity index (χ4n) is 4.56. The predicted molar refractivity (Wildman–Crippen MR) is 141 cm³/mol. The Kier molecular flexibility index (Phi) is 6.08. The number of thiazole rings is 1. The quantitative estimate of drug-likeness (QED) is 0.356. The standard InChI is InChI=1S/C27H27N5O2S/c33-22(17-31-10-12-32(13-11-31)21-6-8-24-20(14-21)16-28-30-24)18-34-23-7-9-26-25(15-23)29-27(35-26)19-4-2-1-3-5-19/h1-9,14-16,22,33H,10-13,17-18H2,(H,28,30). The van der Waals surface area contributed by atoms with E-state index in [-0.39, 0.29) is 6.61 Å². The number of nitrogens with one attached hydrogen (secondary N) is 1. The molecule has 0 saturated carbocycles. The summed E-state index contributed by atoms with van der Waals surface area (Å²) >= 11 is 1.67. The van der Waals surface area contributed by atoms with Gasteiger partial charge in [-0.2, -0.15) is 5.10 Å². The number of aliphatic hydroxyl groups is 1. The Morgan fingerprint density at radius 2 is 1.86 bits per heavy atom. The number of aromatic amines is 1. The zero-order valence-electron chi connectivity index (χ0n) is 19.3. The van der Waals surface area contributed by atoms with Crippen molar-refractivity contribution in [3.63, 3.8) is 0 Å². The van der Waals surface area contributed by atoms with Gasteiger partial charge in [-0.1, -0.05) is 30.3 Å². The molecule has 0 amide bonds. The monoisotopic (exact) mass is 485 g/mol. The first kappa shape index (κ1) is 22.0. The van der Waals surface area contributed by atoms with Crippen LogP contribution < -0.4 is 9.64 Å². The Labute approximate surface area is 207 Å². The predicted octanol–water partition coefficient (Wildman–Crippen LogP) is 4.40. The number of fused-ring (bicyclic) bond motifs is 2. The number of aliphatic hydroxyl groups excluding tert-OH is 1. The van der Waals surface area contributed by atoms with Crippen LogP contribution in [-0.2, 0) is 0 Å². The van der Waals surface area contributed by atoms with Crippen molar-refractivity contribution >= 4 is 38.1 Å². The minimum absolute atomic E-state index is 0.262. The minimum Gasteiger partial charge on any atom is -0.491 e. The highest BCUT2D eigenvalue weighted by molar-refractivity contribution is 7.21. The lowest BCUT2D eigenvalue weighted by Crippen LogP contribution is -2.49. The van der Waals surface area contributed by atoms with E-state index in [1.54, 1.807) is 11.3 Å². The molecule has 0 radical (unpaired) electrons. The number of hydrogen-bond donors (Lipinski definition) is 2. The zero-order chi connectivity index (χ0) is 23.6. The normalized spacial score (nSPS) is 15.6. The van der Waals surface area contributed by atoms with Gasteiger partial charge in [-0.25, -0.2) is 4.98 Å². The molecule has 8 heteroatoms. The van der Waals surface area contributed by atoms with Gasteiger partial charge in [0.1, 0.15) is 23.5 Å². The fourth-order valence-corrected chi connectivity index (χ4v) is 5.51. The molecule has 0 bridgehead atoms. The van der Waals surface area contributed by atoms with E-state index < -0.39 is 6.10 Å². The van der Waals surface area contributed by atoms with Crippen molar-refractivity contribution in [2.75, 3.05) is 44.2 Å². The van der Waals surface area contributed by atoms with Crippen LogP contribution in [0.1, 0.15) is 0 Å². The van der Waals surface area contributed by atoms with Crippen molar-refractivity contribution in [1.29, 1.82) is 0 Å². The summed E-state index contributed by atoms with van der Waals surface area (Å²) in [5, 5.41) is 19.8. The van der Waals surface area contributed by atoms with Gasteiger partial charge >= 0.3 is 0 Å². The van der Waals surface area contributed by atoms with Gasteiger partial charge in [0, 0.05) is 55.4 Å². The highest BCUT2D eigenvalue weighted by Gasteiger charge is 2.20. The molecular formula is C27H27N5O2S. The maximum absolute atomic E-state index is 10.6. The number of aromatic nitrogens is 3. The van der Waals surface area contributed by atoms with Crippen LogP contribution >= 0.6 is 11.3 Å². The number of rotatable bonds is 7. The third-order valence-electron chi connectivity index (χ3n) is 6.45. The van der Waals surface area contributed by atoms with Gasteiger partial charge in [-0.3, -0.25) is 10.00 Å². The highest BCUT2D eigenvalue weighted by atomic mass is 32.1. The topological polar surface area (TPSA) is 77.5 Å². The minimum atomic E-state index is -0.546. The molecule has 0 aliphatic carbocycles. The largest absolute Gasteiger partial charge is 0.491 e. The summed E-state index contributed by atoms with van der Waals surface area (Å²) in [7, 11) is 0. The van der Waals surface area contributed by atoms with Crippen LogP contribution in [-0.4, -0.2) is 70.6 Å². The molecule has 3 aromatic carbocycles. The average Bonchev–Trinajstić information content (AvgIpc) is 3.55. The lowest BCUT2D eigenvalue weighted by molar-refractivity contribution is 0.0663. The van der Waals surface area contributed by atoms with Gasteiger partial charge in [-0.15, -0.1) is 11.3 Å². The highest BCUT2D eigenvalue weighted by Crippen LogP contribution is 2.32. The number of piperazine rings is 1. The van der Waals surface area contributed by atoms with Crippen LogP contribution in [0, 0.1) is 0 Å². The Morgan fingerprint density at radius 3 is 2.71 bits per heavy atom. The third kappa shape index (κ3) is 4.86. The van der Waals surface area contributed by atoms with E-state index in [0.717, 1.165) is 63.6 Å². The molecule has 6 rings (SSSR count). The molecule has 1 aliphatic rings. The molecular weight excluding hydrogens is 458 g/mol. The molecule has 2 N–H and O–H groups in total. The van der Waals surface area contributed by atoms with E-state index in [4.69, 9.17) is 9.72 Å². The molecule has 2 aromatic heterocycles. The Hall–Kier alpha value is -3.46. The smallest absolute Gasteiger partial charge is 0.124 e. The molecule has 1 atom stereocenters. The van der Waals surface area contributed by atoms with Gasteiger partial charge in [-0.05, 0) is 30.3 Å². The van der Waals surface area contributed by atoms with E-state index in [2.05, 4.69) is 50.3 Å². The van der Waals surface area contributed by atoms with E-state index in [9.17, 15) is 5.11 Å². The summed E-state index contributed by atoms with van der Waals surface area (Å²) in [6, 6.07) is 22.6. The number of H-pyrrole nitrogens is 1. The zero-order valence-corrected chi connectivity index (χ0v) is 20.1. The van der Waals surface area contributed by atoms with Crippen molar-refractivity contribution in [1.82, 2.24) is 20.1 Å². The van der Waals surface area contributed by atoms with E-state index in [0.29, 0.717) is 6.54 Å². The molecule has 1 unspecified atom stereocenters. The van der Waals surface area contributed by atoms with E-state index in [1.165, 1.54) is 5.69 Å². The number of anilines is 1. The summed E-state index contributed by atoms with van der Waals surface area (Å²) in [6.45, 7) is 4.55. The molecule has 1 saturated heterocycles. The van der Waals surface area contributed by atoms with Gasteiger partial charge in [0.25, 0.3) is 0 Å². The first-order valence-electron chi connectivity index (χ1n) is 11.9. The van der Waals surface area contributed by atoms with Crippen molar-refractivity contribution in [3.05, 3.63) is 72.9 Å². The maximum Gasteiger partial charge on any atom is 0.124 e. The second-order valence-electron chi connectivity index (χ2n) is 8.91. The summed E-state index contributed by atoms with van der Waals surface area (Å²) in [6.07, 6.45) is 1.31. The van der Waals surface area contributed by atoms with Crippen LogP contribution in [0.3, 0.4) is 0 Å². The first-order valence-corrected chi connectivity index (χ1v) is 12.7. The first-order chi connectivity index (χ1) is 17.2. The Balaban J connectivity index is 1.01. The van der Waals surface area contributed by atoms with Crippen molar-refractivity contribution in [3.8, 4) is 16.3 Å². The molecule has 5 aromatic rings. The van der Waals surface area contributed by atoms with Crippen molar-refractivity contribution < 1.29 is 9.84 Å². The number of hydrogen-bond acceptors (Lipinski definition) is 7. The Morgan fingerprint density at radius 1 is 1.00 bits per heavy atom. The van der Waals surface area contributed by atoms with E-state index in [1.807, 2.05) is 42.6 Å². The molecule has 1 aliphatic heterocycles. The third-order valence-corrected chi connectivity index (χ3v) is 7.54. The SMILES string of the molecule is OC(COc1ccc2sc(-c3ccccc3)nc2c1)CN1CCN(c2ccc3[nH]ncc3c2)CC1. The van der Waals surface area contributed by atoms with Gasteiger partial charge in [0.2, 0.25) is 0 Å². The second kappa shape index (κ2) is 9.65. The molecule has 35 heavy (non-hydrogen) atoms. The lowest BCUT2D eigenvalue weighted by atomic mass is 10.2. The molecule has 178 valence electrons. The van der Waals surface area contributed by atoms with Gasteiger partial charge in [0.15, 0.2) is 0 Å². The molecule has 0 spiro atoms. The van der Waals surface area contributed by atoms with Gasteiger partial charge < -0.3 is 14.7 Å². The average molecular weight is 486 g/mol. The molecule has 1 fully saturated rings. The van der Waals surface area contributed by atoms with Crippen LogP contribution in [0.25, 0.3) is 31.7 Å². The number of benzene rings is 3. The van der Waals surface area contributed by atoms with Crippen LogP contribution in [0.4, 0.5) is 5.69 Å². The fraction of sp³-hybridized carbons (Fsp3) is 0.259. The summed E-state index contributed by atoms with van der Waals surface area (Å²) in [5.41, 5.74) is 4.32. The Bertz CT molecular complexity index is 1430. The lowest BCUT2D eigenvalue weighted by Gasteiger charge is -2.36. The van der Waals surface area contributed by atoms with E-state index >= 15 is 0 Å². The number of β-amino-alcohol motifs (C(OH)–C–C–N with tert-alkyl or cyclic N) is 1. The maximum atomic E-state index is 10.6. The number of ether oxygens (including phenoxy) is 1. The molecule has 3 heterocycles. The van der Waals surface area contributed by atoms with Crippen molar-refractivity contribution in [2.24, 2.45) is 0 Å². The summed E-state index contributed by atoms with van der Waals surface area (Å²) in [5.74, 6) is 0.737. The summed E-state index contributed by atoms with van der Waals surface area (Å²) in [4.78, 5) is 9.46. The van der Waals surface area contributed by atoms with Crippen LogP contribution in [0.15, 0.2) is 72.9 Å². The van der Waals surface area contributed by atoms with Crippen LogP contribution in [0.2, 0.25) is 0 Å². The molecule has 7 nitrogen and oxygen atoms in total.